The van der Waals surface area contributed by atoms with Gasteiger partial charge in [0.05, 0.1) is 6.61 Å². The van der Waals surface area contributed by atoms with Crippen molar-refractivity contribution in [1.82, 2.24) is 5.32 Å². The average Bonchev–Trinajstić information content (AvgIpc) is 2.34. The van der Waals surface area contributed by atoms with Gasteiger partial charge in [-0.2, -0.15) is 13.2 Å². The van der Waals surface area contributed by atoms with Crippen molar-refractivity contribution in [3.63, 3.8) is 0 Å². The molecule has 0 saturated carbocycles. The smallest absolute Gasteiger partial charge is 0.364 e. The average molecular weight is 303 g/mol. The summed E-state index contributed by atoms with van der Waals surface area (Å²) >= 11 is 0. The Morgan fingerprint density at radius 1 is 1.10 bits per heavy atom. The van der Waals surface area contributed by atoms with Crippen molar-refractivity contribution in [1.29, 1.82) is 0 Å². The highest BCUT2D eigenvalue weighted by Crippen LogP contribution is 2.23. The Bertz CT molecular complexity index is 438. The van der Waals surface area contributed by atoms with E-state index >= 15 is 0 Å². The van der Waals surface area contributed by atoms with Crippen LogP contribution in [0.2, 0.25) is 0 Å². The number of hydrogen-bond donors (Lipinski definition) is 1. The van der Waals surface area contributed by atoms with E-state index in [0.717, 1.165) is 31.0 Å². The van der Waals surface area contributed by atoms with Gasteiger partial charge in [0.2, 0.25) is 0 Å². The molecule has 1 aromatic carbocycles. The fraction of sp³-hybridized carbons (Fsp3) is 0.625. The van der Waals surface area contributed by atoms with E-state index in [2.05, 4.69) is 26.1 Å². The first kappa shape index (κ1) is 18.0. The Morgan fingerprint density at radius 2 is 1.67 bits per heavy atom. The van der Waals surface area contributed by atoms with Crippen molar-refractivity contribution in [3.05, 3.63) is 35.4 Å². The minimum Gasteiger partial charge on any atom is -0.364 e. The number of halogens is 3. The number of ether oxygens (including phenoxy) is 1. The monoisotopic (exact) mass is 303 g/mol. The molecule has 2 nitrogen and oxygen atoms in total. The molecule has 0 aliphatic carbocycles. The largest absolute Gasteiger partial charge is 0.414 e. The lowest BCUT2D eigenvalue weighted by molar-refractivity contribution is -0.217. The van der Waals surface area contributed by atoms with Gasteiger partial charge < -0.3 is 10.1 Å². The lowest BCUT2D eigenvalue weighted by atomic mass is 10.0. The van der Waals surface area contributed by atoms with Crippen LogP contribution >= 0.6 is 0 Å². The second-order valence-corrected chi connectivity index (χ2v) is 6.19. The molecule has 0 spiro atoms. The Morgan fingerprint density at radius 3 is 2.19 bits per heavy atom. The molecule has 1 unspecified atom stereocenters. The lowest BCUT2D eigenvalue weighted by Crippen LogP contribution is -2.37. The van der Waals surface area contributed by atoms with E-state index in [1.807, 2.05) is 24.3 Å². The van der Waals surface area contributed by atoms with Crippen LogP contribution in [0.4, 0.5) is 13.2 Å². The number of alkyl halides is 3. The van der Waals surface area contributed by atoms with Gasteiger partial charge in [-0.1, -0.05) is 24.3 Å². The summed E-state index contributed by atoms with van der Waals surface area (Å²) in [6, 6.07) is 7.46. The van der Waals surface area contributed by atoms with Crippen LogP contribution in [0.5, 0.6) is 0 Å². The van der Waals surface area contributed by atoms with Crippen LogP contribution in [-0.4, -0.2) is 24.4 Å². The Labute approximate surface area is 124 Å². The predicted molar refractivity (Wildman–Crippen MR) is 78.2 cm³/mol. The van der Waals surface area contributed by atoms with Gasteiger partial charge >= 0.3 is 6.18 Å². The summed E-state index contributed by atoms with van der Waals surface area (Å²) in [5, 5.41) is 3.37. The van der Waals surface area contributed by atoms with Crippen molar-refractivity contribution in [3.8, 4) is 0 Å². The molecule has 0 radical (unpaired) electrons. The van der Waals surface area contributed by atoms with Gasteiger partial charge in [-0.25, -0.2) is 0 Å². The highest BCUT2D eigenvalue weighted by atomic mass is 19.4. The number of benzene rings is 1. The summed E-state index contributed by atoms with van der Waals surface area (Å²) in [6.45, 7) is 8.01. The zero-order valence-electron chi connectivity index (χ0n) is 13.1. The second kappa shape index (κ2) is 7.27. The van der Waals surface area contributed by atoms with E-state index < -0.39 is 12.3 Å². The third kappa shape index (κ3) is 6.96. The van der Waals surface area contributed by atoms with Crippen LogP contribution in [0.25, 0.3) is 0 Å². The predicted octanol–water partition coefficient (Wildman–Crippen LogP) is 4.08. The molecule has 0 aromatic heterocycles. The molecular formula is C16H24F3NO. The van der Waals surface area contributed by atoms with Gasteiger partial charge in [0, 0.05) is 5.54 Å². The van der Waals surface area contributed by atoms with Crippen molar-refractivity contribution in [2.24, 2.45) is 0 Å². The SMILES string of the molecule is CC(OCc1ccccc1CCNC(C)(C)C)C(F)(F)F. The van der Waals surface area contributed by atoms with Gasteiger partial charge in [0.15, 0.2) is 6.10 Å². The van der Waals surface area contributed by atoms with Gasteiger partial charge in [-0.05, 0) is 51.8 Å². The maximum absolute atomic E-state index is 12.5. The van der Waals surface area contributed by atoms with E-state index in [-0.39, 0.29) is 12.1 Å². The van der Waals surface area contributed by atoms with E-state index in [0.29, 0.717) is 0 Å². The zero-order valence-corrected chi connectivity index (χ0v) is 13.1. The maximum Gasteiger partial charge on any atom is 0.414 e. The first-order valence-corrected chi connectivity index (χ1v) is 7.10. The van der Waals surface area contributed by atoms with Crippen LogP contribution in [0.1, 0.15) is 38.8 Å². The fourth-order valence-corrected chi connectivity index (χ4v) is 1.82. The second-order valence-electron chi connectivity index (χ2n) is 6.19. The number of hydrogen-bond acceptors (Lipinski definition) is 2. The van der Waals surface area contributed by atoms with Crippen molar-refractivity contribution < 1.29 is 17.9 Å². The standard InChI is InChI=1S/C16H24F3NO/c1-12(16(17,18)19)21-11-14-8-6-5-7-13(14)9-10-20-15(2,3)4/h5-8,12,20H,9-11H2,1-4H3. The third-order valence-corrected chi connectivity index (χ3v) is 3.12. The van der Waals surface area contributed by atoms with Crippen LogP contribution < -0.4 is 5.32 Å². The Kier molecular flexibility index (Phi) is 6.23. The summed E-state index contributed by atoms with van der Waals surface area (Å²) in [7, 11) is 0. The van der Waals surface area contributed by atoms with Crippen molar-refractivity contribution in [2.75, 3.05) is 6.54 Å². The van der Waals surface area contributed by atoms with E-state index in [9.17, 15) is 13.2 Å². The van der Waals surface area contributed by atoms with Gasteiger partial charge in [-0.3, -0.25) is 0 Å². The molecule has 21 heavy (non-hydrogen) atoms. The number of nitrogens with one attached hydrogen (secondary N) is 1. The highest BCUT2D eigenvalue weighted by molar-refractivity contribution is 5.26. The maximum atomic E-state index is 12.5. The molecule has 0 saturated heterocycles. The highest BCUT2D eigenvalue weighted by Gasteiger charge is 2.36. The molecule has 0 aliphatic heterocycles. The Balaban J connectivity index is 2.59. The molecular weight excluding hydrogens is 279 g/mol. The summed E-state index contributed by atoms with van der Waals surface area (Å²) in [5.41, 5.74) is 1.85. The third-order valence-electron chi connectivity index (χ3n) is 3.12. The first-order chi connectivity index (χ1) is 9.59. The van der Waals surface area contributed by atoms with Crippen LogP contribution in [0.3, 0.4) is 0 Å². The molecule has 1 N–H and O–H groups in total. The molecule has 5 heteroatoms. The minimum atomic E-state index is -4.32. The van der Waals surface area contributed by atoms with Crippen LogP contribution in [-0.2, 0) is 17.8 Å². The fourth-order valence-electron chi connectivity index (χ4n) is 1.82. The summed E-state index contributed by atoms with van der Waals surface area (Å²) in [5.74, 6) is 0. The normalized spacial score (nSPS) is 14.2. The molecule has 1 aromatic rings. The summed E-state index contributed by atoms with van der Waals surface area (Å²) < 4.78 is 42.3. The molecule has 0 bridgehead atoms. The molecule has 1 atom stereocenters. The molecule has 0 amide bonds. The molecule has 120 valence electrons. The molecule has 0 fully saturated rings. The zero-order chi connectivity index (χ0) is 16.1. The molecule has 0 aliphatic rings. The van der Waals surface area contributed by atoms with Crippen LogP contribution in [0.15, 0.2) is 24.3 Å². The quantitative estimate of drug-likeness (QED) is 0.855. The van der Waals surface area contributed by atoms with Gasteiger partial charge in [-0.15, -0.1) is 0 Å². The Hall–Kier alpha value is -1.07. The topological polar surface area (TPSA) is 21.3 Å². The van der Waals surface area contributed by atoms with Crippen molar-refractivity contribution >= 4 is 0 Å². The van der Waals surface area contributed by atoms with E-state index in [4.69, 9.17) is 4.74 Å². The summed E-state index contributed by atoms with van der Waals surface area (Å²) in [6.07, 6.45) is -5.31. The molecule has 0 heterocycles. The first-order valence-electron chi connectivity index (χ1n) is 7.10. The van der Waals surface area contributed by atoms with Gasteiger partial charge in [0.1, 0.15) is 0 Å². The minimum absolute atomic E-state index is 0.0215. The van der Waals surface area contributed by atoms with Crippen LogP contribution in [0, 0.1) is 0 Å². The lowest BCUT2D eigenvalue weighted by Gasteiger charge is -2.21. The van der Waals surface area contributed by atoms with E-state index in [1.54, 1.807) is 0 Å². The van der Waals surface area contributed by atoms with Crippen molar-refractivity contribution in [2.45, 2.75) is 58.5 Å². The summed E-state index contributed by atoms with van der Waals surface area (Å²) in [4.78, 5) is 0. The van der Waals surface area contributed by atoms with Gasteiger partial charge in [0.25, 0.3) is 0 Å². The number of rotatable bonds is 6. The van der Waals surface area contributed by atoms with E-state index in [1.165, 1.54) is 0 Å². The molecule has 1 rings (SSSR count).